The van der Waals surface area contributed by atoms with Gasteiger partial charge in [-0.3, -0.25) is 0 Å². The summed E-state index contributed by atoms with van der Waals surface area (Å²) in [6.45, 7) is 7.73. The quantitative estimate of drug-likeness (QED) is 0.0557. The van der Waals surface area contributed by atoms with Gasteiger partial charge in [0.1, 0.15) is 0 Å². The molecule has 2 rings (SSSR count). The molecule has 0 amide bonds. The molecule has 8 nitrogen and oxygen atoms in total. The van der Waals surface area contributed by atoms with E-state index in [4.69, 9.17) is 19.3 Å². The second-order valence-corrected chi connectivity index (χ2v) is 12.8. The van der Waals surface area contributed by atoms with Crippen molar-refractivity contribution in [2.45, 2.75) is 149 Å². The van der Waals surface area contributed by atoms with Crippen molar-refractivity contribution in [3.8, 4) is 0 Å². The van der Waals surface area contributed by atoms with Gasteiger partial charge in [0.25, 0.3) is 0 Å². The summed E-state index contributed by atoms with van der Waals surface area (Å²) in [4.78, 5) is 47.6. The number of carbonyl (C=O) groups excluding carboxylic acids is 3. The van der Waals surface area contributed by atoms with Gasteiger partial charge in [-0.05, 0) is 43.5 Å². The Hall–Kier alpha value is -3.68. The summed E-state index contributed by atoms with van der Waals surface area (Å²) in [5.41, 5.74) is 0.695. The lowest BCUT2D eigenvalue weighted by Gasteiger charge is -2.10. The second-order valence-electron chi connectivity index (χ2n) is 12.8. The van der Waals surface area contributed by atoms with Crippen LogP contribution in [0.1, 0.15) is 191 Å². The van der Waals surface area contributed by atoms with Crippen LogP contribution in [0.5, 0.6) is 0 Å². The summed E-state index contributed by atoms with van der Waals surface area (Å²) in [6, 6.07) is 12.9. The molecule has 280 valence electrons. The van der Waals surface area contributed by atoms with Crippen LogP contribution in [0, 0.1) is 0 Å². The Morgan fingerprint density at radius 1 is 0.400 bits per heavy atom. The molecule has 0 aliphatic rings. The number of aromatic carboxylic acids is 1. The van der Waals surface area contributed by atoms with E-state index in [9.17, 15) is 19.2 Å². The molecule has 0 atom stereocenters. The summed E-state index contributed by atoms with van der Waals surface area (Å²) in [7, 11) is 0. The molecule has 50 heavy (non-hydrogen) atoms. The molecular formula is C42H64O8. The van der Waals surface area contributed by atoms with Crippen LogP contribution in [0.4, 0.5) is 0 Å². The third-order valence-electron chi connectivity index (χ3n) is 8.44. The minimum atomic E-state index is -1.11. The first-order chi connectivity index (χ1) is 24.4. The molecule has 2 aromatic rings. The number of rotatable bonds is 27. The molecule has 8 heteroatoms. The molecular weight excluding hydrogens is 632 g/mol. The van der Waals surface area contributed by atoms with Gasteiger partial charge in [-0.1, -0.05) is 154 Å². The Kier molecular flexibility index (Phi) is 26.8. The van der Waals surface area contributed by atoms with Gasteiger partial charge < -0.3 is 19.3 Å². The zero-order valence-electron chi connectivity index (χ0n) is 31.2. The van der Waals surface area contributed by atoms with Gasteiger partial charge in [-0.2, -0.15) is 0 Å². The third-order valence-corrected chi connectivity index (χ3v) is 8.44. The number of carboxylic acid groups (broad SMARTS) is 1. The minimum absolute atomic E-state index is 0.0107. The number of hydrogen-bond donors (Lipinski definition) is 1. The molecule has 0 bridgehead atoms. The summed E-state index contributed by atoms with van der Waals surface area (Å²) in [5.74, 6) is -2.55. The van der Waals surface area contributed by atoms with Gasteiger partial charge >= 0.3 is 23.9 Å². The number of unbranched alkanes of at least 4 members (excludes halogenated alkanes) is 17. The fourth-order valence-electron chi connectivity index (χ4n) is 5.42. The molecule has 0 aromatic heterocycles. The molecule has 0 saturated carbocycles. The second kappa shape index (κ2) is 30.2. The van der Waals surface area contributed by atoms with E-state index in [0.29, 0.717) is 30.9 Å². The van der Waals surface area contributed by atoms with E-state index in [-0.39, 0.29) is 11.1 Å². The van der Waals surface area contributed by atoms with E-state index in [1.54, 1.807) is 36.4 Å². The number of hydrogen-bond acceptors (Lipinski definition) is 7. The average Bonchev–Trinajstić information content (AvgIpc) is 3.13. The van der Waals surface area contributed by atoms with Crippen LogP contribution in [0.2, 0.25) is 0 Å². The van der Waals surface area contributed by atoms with E-state index in [1.807, 2.05) is 0 Å². The van der Waals surface area contributed by atoms with Crippen molar-refractivity contribution in [1.29, 1.82) is 0 Å². The van der Waals surface area contributed by atoms with Crippen LogP contribution in [0.25, 0.3) is 0 Å². The molecule has 1 N–H and O–H groups in total. The van der Waals surface area contributed by atoms with Gasteiger partial charge in [0.05, 0.1) is 42.1 Å². The first-order valence-corrected chi connectivity index (χ1v) is 19.3. The van der Waals surface area contributed by atoms with E-state index in [1.165, 1.54) is 95.6 Å². The molecule has 0 fully saturated rings. The van der Waals surface area contributed by atoms with Crippen molar-refractivity contribution < 1.29 is 38.5 Å². The van der Waals surface area contributed by atoms with Crippen molar-refractivity contribution in [2.24, 2.45) is 0 Å². The highest BCUT2D eigenvalue weighted by Gasteiger charge is 2.19. The van der Waals surface area contributed by atoms with E-state index in [2.05, 4.69) is 20.8 Å². The zero-order valence-corrected chi connectivity index (χ0v) is 31.2. The highest BCUT2D eigenvalue weighted by atomic mass is 16.5. The number of benzene rings is 2. The van der Waals surface area contributed by atoms with Gasteiger partial charge in [0.2, 0.25) is 0 Å². The van der Waals surface area contributed by atoms with Crippen molar-refractivity contribution >= 4 is 23.9 Å². The predicted octanol–water partition coefficient (Wildman–Crippen LogP) is 11.4. The standard InChI is InChI=1S/C24H38O4.C18H26O4/c1-3-5-7-9-11-15-19-27-23(25)21-17-13-14-18-22(21)24(26)28-20-16-12-10-8-6-4-2;1-2-3-4-5-6-7-8-11-14-22-18(21)16-13-10-9-12-15(16)17(19)20/h13-14,17-18H,3-12,15-16,19-20H2,1-2H3;9-10,12-13H,2-8,11,14H2,1H3,(H,19,20). The first kappa shape index (κ1) is 44.3. The van der Waals surface area contributed by atoms with Crippen LogP contribution in [0.3, 0.4) is 0 Å². The summed E-state index contributed by atoms with van der Waals surface area (Å²) < 4.78 is 15.9. The van der Waals surface area contributed by atoms with Crippen molar-refractivity contribution in [3.63, 3.8) is 0 Å². The molecule has 0 radical (unpaired) electrons. The van der Waals surface area contributed by atoms with Gasteiger partial charge in [-0.25, -0.2) is 19.2 Å². The van der Waals surface area contributed by atoms with Crippen LogP contribution in [0.15, 0.2) is 48.5 Å². The topological polar surface area (TPSA) is 116 Å². The summed E-state index contributed by atoms with van der Waals surface area (Å²) >= 11 is 0. The lowest BCUT2D eigenvalue weighted by atomic mass is 10.1. The van der Waals surface area contributed by atoms with E-state index in [0.717, 1.165) is 44.9 Å². The number of ether oxygens (including phenoxy) is 3. The van der Waals surface area contributed by atoms with Crippen molar-refractivity contribution in [1.82, 2.24) is 0 Å². The maximum absolute atomic E-state index is 12.4. The van der Waals surface area contributed by atoms with E-state index < -0.39 is 23.9 Å². The number of esters is 3. The maximum Gasteiger partial charge on any atom is 0.339 e. The lowest BCUT2D eigenvalue weighted by Crippen LogP contribution is -2.15. The van der Waals surface area contributed by atoms with Gasteiger partial charge in [0.15, 0.2) is 0 Å². The predicted molar refractivity (Wildman–Crippen MR) is 200 cm³/mol. The minimum Gasteiger partial charge on any atom is -0.478 e. The summed E-state index contributed by atoms with van der Waals surface area (Å²) in [5, 5.41) is 9.04. The SMILES string of the molecule is CCCCCCCCCCOC(=O)c1ccccc1C(=O)O.CCCCCCCCOC(=O)c1ccccc1C(=O)OCCCCCCCC. The van der Waals surface area contributed by atoms with Crippen LogP contribution in [-0.4, -0.2) is 48.8 Å². The highest BCUT2D eigenvalue weighted by molar-refractivity contribution is 6.03. The highest BCUT2D eigenvalue weighted by Crippen LogP contribution is 2.15. The first-order valence-electron chi connectivity index (χ1n) is 19.3. The molecule has 0 aliphatic carbocycles. The zero-order chi connectivity index (χ0) is 36.7. The average molecular weight is 697 g/mol. The molecule has 0 spiro atoms. The Morgan fingerprint density at radius 2 is 0.640 bits per heavy atom. The van der Waals surface area contributed by atoms with Crippen LogP contribution in [-0.2, 0) is 14.2 Å². The monoisotopic (exact) mass is 696 g/mol. The fourth-order valence-corrected chi connectivity index (χ4v) is 5.42. The normalized spacial score (nSPS) is 10.5. The summed E-state index contributed by atoms with van der Waals surface area (Å²) in [6.07, 6.45) is 23.0. The van der Waals surface area contributed by atoms with Crippen molar-refractivity contribution in [3.05, 3.63) is 70.8 Å². The molecule has 0 saturated heterocycles. The Balaban J connectivity index is 0.000000515. The smallest absolute Gasteiger partial charge is 0.339 e. The maximum atomic E-state index is 12.4. The van der Waals surface area contributed by atoms with E-state index >= 15 is 0 Å². The van der Waals surface area contributed by atoms with Crippen molar-refractivity contribution in [2.75, 3.05) is 19.8 Å². The molecule has 2 aromatic carbocycles. The van der Waals surface area contributed by atoms with Gasteiger partial charge in [-0.15, -0.1) is 0 Å². The van der Waals surface area contributed by atoms with Gasteiger partial charge in [0, 0.05) is 0 Å². The van der Waals surface area contributed by atoms with Crippen LogP contribution >= 0.6 is 0 Å². The largest absolute Gasteiger partial charge is 0.478 e. The van der Waals surface area contributed by atoms with Crippen LogP contribution < -0.4 is 0 Å². The number of carbonyl (C=O) groups is 4. The molecule has 0 unspecified atom stereocenters. The third kappa shape index (κ3) is 20.7. The Bertz CT molecular complexity index is 1160. The molecule has 0 heterocycles. The Morgan fingerprint density at radius 3 is 0.920 bits per heavy atom. The fraction of sp³-hybridized carbons (Fsp3) is 0.619. The number of carboxylic acids is 1. The lowest BCUT2D eigenvalue weighted by molar-refractivity contribution is 0.0450. The molecule has 0 aliphatic heterocycles. The Labute approximate surface area is 301 Å².